The molecule has 0 radical (unpaired) electrons. The van der Waals surface area contributed by atoms with E-state index in [2.05, 4.69) is 24.3 Å². The number of hydrogen-bond acceptors (Lipinski definition) is 4. The number of rotatable bonds is 11. The van der Waals surface area contributed by atoms with Crippen molar-refractivity contribution in [2.45, 2.75) is 44.4 Å². The maximum atomic E-state index is 9.15. The van der Waals surface area contributed by atoms with Gasteiger partial charge in [-0.15, -0.1) is 0 Å². The molecule has 0 spiro atoms. The monoisotopic (exact) mass is 342 g/mol. The summed E-state index contributed by atoms with van der Waals surface area (Å²) in [5.41, 5.74) is 2.34. The highest BCUT2D eigenvalue weighted by molar-refractivity contribution is 5.14. The summed E-state index contributed by atoms with van der Waals surface area (Å²) in [4.78, 5) is 0. The highest BCUT2D eigenvalue weighted by atomic mass is 16.6. The smallest absolute Gasteiger partial charge is 0.107 e. The summed E-state index contributed by atoms with van der Waals surface area (Å²) in [5, 5.41) is 9.15. The Balaban J connectivity index is 1.42. The molecule has 1 fully saturated rings. The quantitative estimate of drug-likeness (QED) is 0.503. The lowest BCUT2D eigenvalue weighted by atomic mass is 10.1. The molecular weight excluding hydrogens is 316 g/mol. The van der Waals surface area contributed by atoms with Crippen LogP contribution in [0.3, 0.4) is 0 Å². The first-order chi connectivity index (χ1) is 12.3. The van der Waals surface area contributed by atoms with E-state index in [0.29, 0.717) is 19.8 Å². The van der Waals surface area contributed by atoms with Gasteiger partial charge in [-0.3, -0.25) is 0 Å². The number of ether oxygens (including phenoxy) is 3. The summed E-state index contributed by atoms with van der Waals surface area (Å²) in [6, 6.07) is 20.3. The van der Waals surface area contributed by atoms with Crippen LogP contribution in [0.5, 0.6) is 0 Å². The average molecular weight is 342 g/mol. The van der Waals surface area contributed by atoms with Gasteiger partial charge in [0.2, 0.25) is 0 Å². The Morgan fingerprint density at radius 3 is 2.12 bits per heavy atom. The molecule has 3 atom stereocenters. The Kier molecular flexibility index (Phi) is 7.00. The Morgan fingerprint density at radius 2 is 1.52 bits per heavy atom. The van der Waals surface area contributed by atoms with E-state index in [1.807, 2.05) is 36.4 Å². The van der Waals surface area contributed by atoms with Gasteiger partial charge in [0, 0.05) is 13.0 Å². The van der Waals surface area contributed by atoms with Crippen molar-refractivity contribution in [3.8, 4) is 0 Å². The first-order valence-corrected chi connectivity index (χ1v) is 8.88. The Labute approximate surface area is 149 Å². The Bertz CT molecular complexity index is 602. The summed E-state index contributed by atoms with van der Waals surface area (Å²) in [6.45, 7) is 1.93. The molecule has 0 aliphatic carbocycles. The van der Waals surface area contributed by atoms with Crippen molar-refractivity contribution in [2.24, 2.45) is 0 Å². The molecule has 1 aliphatic heterocycles. The van der Waals surface area contributed by atoms with E-state index in [0.717, 1.165) is 18.4 Å². The van der Waals surface area contributed by atoms with Crippen LogP contribution in [0.25, 0.3) is 0 Å². The second kappa shape index (κ2) is 9.68. The van der Waals surface area contributed by atoms with Crippen LogP contribution < -0.4 is 0 Å². The van der Waals surface area contributed by atoms with Crippen LogP contribution in [0.15, 0.2) is 60.7 Å². The van der Waals surface area contributed by atoms with Gasteiger partial charge >= 0.3 is 0 Å². The summed E-state index contributed by atoms with van der Waals surface area (Å²) in [6.07, 6.45) is 1.77. The number of benzene rings is 2. The number of aliphatic hydroxyl groups is 1. The van der Waals surface area contributed by atoms with Gasteiger partial charge in [-0.05, 0) is 17.5 Å². The first-order valence-electron chi connectivity index (χ1n) is 8.88. The fraction of sp³-hybridized carbons (Fsp3) is 0.429. The van der Waals surface area contributed by atoms with Crippen molar-refractivity contribution in [3.05, 3.63) is 71.8 Å². The molecule has 4 nitrogen and oxygen atoms in total. The molecule has 2 aromatic rings. The van der Waals surface area contributed by atoms with Gasteiger partial charge in [0.25, 0.3) is 0 Å². The van der Waals surface area contributed by atoms with Gasteiger partial charge in [-0.2, -0.15) is 0 Å². The third-order valence-electron chi connectivity index (χ3n) is 4.39. The predicted octanol–water partition coefficient (Wildman–Crippen LogP) is 3.33. The number of aliphatic hydroxyl groups excluding tert-OH is 1. The molecule has 1 heterocycles. The lowest BCUT2D eigenvalue weighted by molar-refractivity contribution is 0.000867. The lowest BCUT2D eigenvalue weighted by Gasteiger charge is -2.17. The second-order valence-electron chi connectivity index (χ2n) is 6.38. The molecule has 25 heavy (non-hydrogen) atoms. The average Bonchev–Trinajstić information content (AvgIpc) is 3.43. The van der Waals surface area contributed by atoms with Gasteiger partial charge in [0.15, 0.2) is 0 Å². The zero-order valence-corrected chi connectivity index (χ0v) is 14.4. The molecule has 0 saturated carbocycles. The van der Waals surface area contributed by atoms with E-state index in [1.165, 1.54) is 5.56 Å². The summed E-state index contributed by atoms with van der Waals surface area (Å²) in [7, 11) is 0. The van der Waals surface area contributed by atoms with E-state index in [-0.39, 0.29) is 24.9 Å². The summed E-state index contributed by atoms with van der Waals surface area (Å²) < 4.78 is 17.3. The SMILES string of the molecule is OC[C@@H]1O[C@@H]1C[C@@H](CCOCc1ccccc1)OCc1ccccc1. The molecule has 2 aromatic carbocycles. The highest BCUT2D eigenvalue weighted by Gasteiger charge is 2.39. The van der Waals surface area contributed by atoms with Gasteiger partial charge in [-0.1, -0.05) is 60.7 Å². The van der Waals surface area contributed by atoms with Crippen molar-refractivity contribution in [1.29, 1.82) is 0 Å². The first kappa shape index (κ1) is 18.1. The van der Waals surface area contributed by atoms with Crippen LogP contribution in [0.1, 0.15) is 24.0 Å². The van der Waals surface area contributed by atoms with E-state index >= 15 is 0 Å². The van der Waals surface area contributed by atoms with Gasteiger partial charge in [-0.25, -0.2) is 0 Å². The zero-order valence-electron chi connectivity index (χ0n) is 14.4. The lowest BCUT2D eigenvalue weighted by Crippen LogP contribution is -2.19. The minimum absolute atomic E-state index is 0.0203. The zero-order chi connectivity index (χ0) is 17.3. The molecule has 0 unspecified atom stereocenters. The van der Waals surface area contributed by atoms with Crippen LogP contribution in [-0.4, -0.2) is 36.6 Å². The maximum Gasteiger partial charge on any atom is 0.107 e. The number of epoxide rings is 1. The largest absolute Gasteiger partial charge is 0.394 e. The van der Waals surface area contributed by atoms with Crippen LogP contribution in [-0.2, 0) is 27.4 Å². The van der Waals surface area contributed by atoms with Crippen LogP contribution >= 0.6 is 0 Å². The van der Waals surface area contributed by atoms with E-state index in [4.69, 9.17) is 19.3 Å². The summed E-state index contributed by atoms with van der Waals surface area (Å²) >= 11 is 0. The van der Waals surface area contributed by atoms with Crippen LogP contribution in [0, 0.1) is 0 Å². The molecule has 3 rings (SSSR count). The third-order valence-corrected chi connectivity index (χ3v) is 4.39. The minimum Gasteiger partial charge on any atom is -0.394 e. The normalized spacial score (nSPS) is 20.4. The fourth-order valence-electron chi connectivity index (χ4n) is 2.84. The van der Waals surface area contributed by atoms with Crippen molar-refractivity contribution in [1.82, 2.24) is 0 Å². The molecule has 1 aliphatic rings. The molecule has 0 bridgehead atoms. The molecule has 134 valence electrons. The fourth-order valence-corrected chi connectivity index (χ4v) is 2.84. The van der Waals surface area contributed by atoms with Crippen LogP contribution in [0.2, 0.25) is 0 Å². The second-order valence-corrected chi connectivity index (χ2v) is 6.38. The van der Waals surface area contributed by atoms with Crippen LogP contribution in [0.4, 0.5) is 0 Å². The predicted molar refractivity (Wildman–Crippen MR) is 96.1 cm³/mol. The van der Waals surface area contributed by atoms with E-state index in [9.17, 15) is 0 Å². The van der Waals surface area contributed by atoms with Gasteiger partial charge < -0.3 is 19.3 Å². The topological polar surface area (TPSA) is 51.2 Å². The summed E-state index contributed by atoms with van der Waals surface area (Å²) in [5.74, 6) is 0. The standard InChI is InChI=1S/C21H26O4/c22-14-21-20(25-21)13-19(24-16-18-9-5-2-6-10-18)11-12-23-15-17-7-3-1-4-8-17/h1-10,19-22H,11-16H2/t19-,20-,21+/m1/s1. The molecule has 0 amide bonds. The molecule has 1 N–H and O–H groups in total. The van der Waals surface area contributed by atoms with Gasteiger partial charge in [0.05, 0.1) is 32.0 Å². The van der Waals surface area contributed by atoms with Crippen molar-refractivity contribution in [2.75, 3.05) is 13.2 Å². The van der Waals surface area contributed by atoms with Crippen molar-refractivity contribution >= 4 is 0 Å². The molecule has 4 heteroatoms. The van der Waals surface area contributed by atoms with E-state index < -0.39 is 0 Å². The molecule has 0 aromatic heterocycles. The minimum atomic E-state index is -0.0203. The Morgan fingerprint density at radius 1 is 0.880 bits per heavy atom. The highest BCUT2D eigenvalue weighted by Crippen LogP contribution is 2.28. The number of hydrogen-bond donors (Lipinski definition) is 1. The third kappa shape index (κ3) is 6.25. The molecular formula is C21H26O4. The van der Waals surface area contributed by atoms with Crippen molar-refractivity contribution < 1.29 is 19.3 Å². The molecule has 1 saturated heterocycles. The maximum absolute atomic E-state index is 9.15. The van der Waals surface area contributed by atoms with Gasteiger partial charge in [0.1, 0.15) is 6.10 Å². The van der Waals surface area contributed by atoms with Crippen molar-refractivity contribution in [3.63, 3.8) is 0 Å². The van der Waals surface area contributed by atoms with E-state index in [1.54, 1.807) is 0 Å². The Hall–Kier alpha value is -1.72.